The molecule has 158 valence electrons. The number of ketones is 1. The average Bonchev–Trinajstić information content (AvgIpc) is 2.65. The average molecular weight is 401 g/mol. The van der Waals surface area contributed by atoms with Crippen LogP contribution in [0.5, 0.6) is 0 Å². The van der Waals surface area contributed by atoms with Crippen molar-refractivity contribution >= 4 is 17.9 Å². The number of hydrogen-bond donors (Lipinski definition) is 0. The Morgan fingerprint density at radius 1 is 0.667 bits per heavy atom. The highest BCUT2D eigenvalue weighted by Gasteiger charge is 2.25. The van der Waals surface area contributed by atoms with E-state index in [4.69, 9.17) is 0 Å². The molecular weight excluding hydrogens is 364 g/mol. The fourth-order valence-electron chi connectivity index (χ4n) is 4.02. The minimum Gasteiger partial charge on any atom is -0.289 e. The molecule has 0 N–H and O–H groups in total. The van der Waals surface area contributed by atoms with Crippen LogP contribution < -0.4 is 0 Å². The van der Waals surface area contributed by atoms with Crippen molar-refractivity contribution in [3.63, 3.8) is 0 Å². The van der Waals surface area contributed by atoms with Gasteiger partial charge in [-0.25, -0.2) is 0 Å². The summed E-state index contributed by atoms with van der Waals surface area (Å²) in [5, 5.41) is 0. The zero-order valence-electron chi connectivity index (χ0n) is 19.7. The number of benzene rings is 2. The van der Waals surface area contributed by atoms with Gasteiger partial charge in [0.2, 0.25) is 0 Å². The van der Waals surface area contributed by atoms with Gasteiger partial charge in [-0.15, -0.1) is 0 Å². The van der Waals surface area contributed by atoms with Crippen molar-refractivity contribution in [2.45, 2.75) is 72.1 Å². The monoisotopic (exact) mass is 400 g/mol. The molecule has 0 saturated heterocycles. The maximum Gasteiger partial charge on any atom is 0.185 e. The van der Waals surface area contributed by atoms with Crippen LogP contribution in [0.25, 0.3) is 12.2 Å². The Balaban J connectivity index is 1.86. The number of allylic oxidation sites excluding steroid dienone is 2. The second kappa shape index (κ2) is 8.38. The van der Waals surface area contributed by atoms with Gasteiger partial charge in [-0.1, -0.05) is 97.0 Å². The van der Waals surface area contributed by atoms with Crippen LogP contribution in [0.1, 0.15) is 83.6 Å². The molecule has 3 rings (SSSR count). The lowest BCUT2D eigenvalue weighted by molar-refractivity contribution is -0.113. The first-order valence-electron chi connectivity index (χ1n) is 11.1. The van der Waals surface area contributed by atoms with E-state index in [2.05, 4.69) is 109 Å². The SMILES string of the molecule is CC1C/C(=C/c2ccc(C(C)(C)C)cc2)C(=O)/C(=C/c2ccc(C(C)(C)C)cc2)C1. The molecule has 1 saturated carbocycles. The lowest BCUT2D eigenvalue weighted by atomic mass is 9.80. The molecule has 2 aromatic carbocycles. The summed E-state index contributed by atoms with van der Waals surface area (Å²) in [4.78, 5) is 13.2. The van der Waals surface area contributed by atoms with Crippen molar-refractivity contribution in [2.24, 2.45) is 5.92 Å². The van der Waals surface area contributed by atoms with Gasteiger partial charge < -0.3 is 0 Å². The number of Topliss-reactive ketones (excluding diaryl/α,β-unsaturated/α-hetero) is 1. The van der Waals surface area contributed by atoms with Gasteiger partial charge in [0.1, 0.15) is 0 Å². The largest absolute Gasteiger partial charge is 0.289 e. The van der Waals surface area contributed by atoms with Gasteiger partial charge in [-0.05, 0) is 64.0 Å². The van der Waals surface area contributed by atoms with Crippen molar-refractivity contribution < 1.29 is 4.79 Å². The maximum absolute atomic E-state index is 13.2. The molecule has 0 aromatic heterocycles. The van der Waals surface area contributed by atoms with Crippen molar-refractivity contribution in [3.8, 4) is 0 Å². The lowest BCUT2D eigenvalue weighted by Gasteiger charge is -2.23. The van der Waals surface area contributed by atoms with Gasteiger partial charge in [0.05, 0.1) is 0 Å². The smallest absolute Gasteiger partial charge is 0.185 e. The first-order valence-corrected chi connectivity index (χ1v) is 11.1. The third-order valence-corrected chi connectivity index (χ3v) is 5.96. The molecule has 1 aliphatic rings. The van der Waals surface area contributed by atoms with Crippen molar-refractivity contribution in [2.75, 3.05) is 0 Å². The van der Waals surface area contributed by atoms with Crippen LogP contribution in [0.3, 0.4) is 0 Å². The van der Waals surface area contributed by atoms with E-state index in [1.165, 1.54) is 11.1 Å². The highest BCUT2D eigenvalue weighted by Crippen LogP contribution is 2.33. The van der Waals surface area contributed by atoms with E-state index in [-0.39, 0.29) is 16.6 Å². The fourth-order valence-corrected chi connectivity index (χ4v) is 4.02. The fraction of sp³-hybridized carbons (Fsp3) is 0.414. The predicted molar refractivity (Wildman–Crippen MR) is 130 cm³/mol. The molecule has 1 atom stereocenters. The van der Waals surface area contributed by atoms with Crippen LogP contribution in [0.4, 0.5) is 0 Å². The van der Waals surface area contributed by atoms with Gasteiger partial charge in [0.25, 0.3) is 0 Å². The Kier molecular flexibility index (Phi) is 6.22. The van der Waals surface area contributed by atoms with Crippen LogP contribution in [0.15, 0.2) is 59.7 Å². The molecule has 1 heteroatoms. The number of hydrogen-bond acceptors (Lipinski definition) is 1. The molecule has 1 fully saturated rings. The highest BCUT2D eigenvalue weighted by atomic mass is 16.1. The summed E-state index contributed by atoms with van der Waals surface area (Å²) in [7, 11) is 0. The van der Waals surface area contributed by atoms with E-state index < -0.39 is 0 Å². The Morgan fingerprint density at radius 2 is 1.00 bits per heavy atom. The molecule has 2 aromatic rings. The Bertz CT molecular complexity index is 876. The summed E-state index contributed by atoms with van der Waals surface area (Å²) in [6.45, 7) is 15.6. The minimum absolute atomic E-state index is 0.138. The molecule has 0 amide bonds. The second-order valence-corrected chi connectivity index (χ2v) is 10.9. The van der Waals surface area contributed by atoms with Gasteiger partial charge in [0, 0.05) is 11.1 Å². The van der Waals surface area contributed by atoms with Crippen LogP contribution >= 0.6 is 0 Å². The third kappa shape index (κ3) is 5.39. The first kappa shape index (κ1) is 22.3. The summed E-state index contributed by atoms with van der Waals surface area (Å²) in [6, 6.07) is 17.2. The number of carbonyl (C=O) groups excluding carboxylic acids is 1. The Labute approximate surface area is 182 Å². The van der Waals surface area contributed by atoms with E-state index in [0.717, 1.165) is 35.1 Å². The van der Waals surface area contributed by atoms with E-state index in [1.54, 1.807) is 0 Å². The Hall–Kier alpha value is -2.41. The van der Waals surface area contributed by atoms with Gasteiger partial charge in [-0.3, -0.25) is 4.79 Å². The minimum atomic E-state index is 0.138. The standard InChI is InChI=1S/C29H36O/c1-20-16-23(18-21-8-12-25(13-9-21)28(2,3)4)27(30)24(17-20)19-22-10-14-26(15-11-22)29(5,6)7/h8-15,18-20H,16-17H2,1-7H3/b23-18-,24-19+. The van der Waals surface area contributed by atoms with E-state index in [9.17, 15) is 4.79 Å². The number of carbonyl (C=O) groups is 1. The predicted octanol–water partition coefficient (Wildman–Crippen LogP) is 7.75. The summed E-state index contributed by atoms with van der Waals surface area (Å²) in [5.74, 6) is 0.677. The molecule has 0 aliphatic heterocycles. The quantitative estimate of drug-likeness (QED) is 0.471. The molecule has 1 nitrogen and oxygen atoms in total. The van der Waals surface area contributed by atoms with Gasteiger partial charge in [0.15, 0.2) is 5.78 Å². The van der Waals surface area contributed by atoms with Crippen LogP contribution in [-0.4, -0.2) is 5.78 Å². The zero-order valence-corrected chi connectivity index (χ0v) is 19.7. The maximum atomic E-state index is 13.2. The molecule has 0 heterocycles. The van der Waals surface area contributed by atoms with E-state index >= 15 is 0 Å². The lowest BCUT2D eigenvalue weighted by Crippen LogP contribution is -2.18. The van der Waals surface area contributed by atoms with Crippen molar-refractivity contribution in [1.29, 1.82) is 0 Å². The Morgan fingerprint density at radius 3 is 1.30 bits per heavy atom. The first-order chi connectivity index (χ1) is 13.9. The van der Waals surface area contributed by atoms with Crippen molar-refractivity contribution in [3.05, 3.63) is 81.9 Å². The van der Waals surface area contributed by atoms with Crippen molar-refractivity contribution in [1.82, 2.24) is 0 Å². The molecule has 1 unspecified atom stereocenters. The molecule has 1 aliphatic carbocycles. The summed E-state index contributed by atoms with van der Waals surface area (Å²) in [5.41, 5.74) is 6.96. The molecule has 30 heavy (non-hydrogen) atoms. The molecule has 0 bridgehead atoms. The highest BCUT2D eigenvalue weighted by molar-refractivity contribution is 6.14. The van der Waals surface area contributed by atoms with E-state index in [0.29, 0.717) is 5.92 Å². The summed E-state index contributed by atoms with van der Waals surface area (Å²) < 4.78 is 0. The summed E-state index contributed by atoms with van der Waals surface area (Å²) >= 11 is 0. The molecular formula is C29H36O. The van der Waals surface area contributed by atoms with Crippen LogP contribution in [-0.2, 0) is 15.6 Å². The topological polar surface area (TPSA) is 17.1 Å². The normalized spacial score (nSPS) is 20.8. The second-order valence-electron chi connectivity index (χ2n) is 10.9. The van der Waals surface area contributed by atoms with E-state index in [1.807, 2.05) is 0 Å². The van der Waals surface area contributed by atoms with Gasteiger partial charge in [-0.2, -0.15) is 0 Å². The summed E-state index contributed by atoms with van der Waals surface area (Å²) in [6.07, 6.45) is 5.86. The van der Waals surface area contributed by atoms with Gasteiger partial charge >= 0.3 is 0 Å². The zero-order chi connectivity index (χ0) is 22.1. The third-order valence-electron chi connectivity index (χ3n) is 5.96. The van der Waals surface area contributed by atoms with Crippen LogP contribution in [0.2, 0.25) is 0 Å². The van der Waals surface area contributed by atoms with Crippen LogP contribution in [0, 0.1) is 5.92 Å². The molecule has 0 spiro atoms. The molecule has 0 radical (unpaired) electrons. The number of rotatable bonds is 2.